The van der Waals surface area contributed by atoms with Crippen LogP contribution in [0.25, 0.3) is 0 Å². The fourth-order valence-corrected chi connectivity index (χ4v) is 1.88. The van der Waals surface area contributed by atoms with Crippen LogP contribution in [0.2, 0.25) is 0 Å². The molecule has 0 aromatic carbocycles. The van der Waals surface area contributed by atoms with Crippen molar-refractivity contribution in [3.63, 3.8) is 0 Å². The molecule has 0 spiro atoms. The normalized spacial score (nSPS) is 10.6. The van der Waals surface area contributed by atoms with Gasteiger partial charge in [-0.05, 0) is 28.7 Å². The third-order valence-corrected chi connectivity index (χ3v) is 2.58. The first-order valence-electron chi connectivity index (χ1n) is 4.81. The number of rotatable bonds is 7. The number of methoxy groups -OCH3 is 1. The number of carboxylic acids is 1. The Morgan fingerprint density at radius 1 is 1.50 bits per heavy atom. The van der Waals surface area contributed by atoms with Crippen molar-refractivity contribution in [2.24, 2.45) is 0 Å². The van der Waals surface area contributed by atoms with Crippen LogP contribution in [0.5, 0.6) is 0 Å². The van der Waals surface area contributed by atoms with Crippen LogP contribution in [0.3, 0.4) is 0 Å². The highest BCUT2D eigenvalue weighted by atomic mass is 127. The molecule has 0 aliphatic carbocycles. The molecule has 0 aliphatic rings. The lowest BCUT2D eigenvalue weighted by molar-refractivity contribution is 0.0629. The lowest BCUT2D eigenvalue weighted by Gasteiger charge is -2.06. The average molecular weight is 339 g/mol. The van der Waals surface area contributed by atoms with Crippen LogP contribution in [0.1, 0.15) is 10.5 Å². The third kappa shape index (κ3) is 4.11. The molecule has 1 aromatic heterocycles. The summed E-state index contributed by atoms with van der Waals surface area (Å²) in [7, 11) is 1.61. The van der Waals surface area contributed by atoms with Crippen LogP contribution < -0.4 is 0 Å². The van der Waals surface area contributed by atoms with Gasteiger partial charge in [-0.25, -0.2) is 4.79 Å². The molecule has 90 valence electrons. The van der Waals surface area contributed by atoms with Crippen LogP contribution in [0.4, 0.5) is 0 Å². The molecule has 6 heteroatoms. The molecule has 5 nitrogen and oxygen atoms in total. The van der Waals surface area contributed by atoms with Crippen molar-refractivity contribution in [2.75, 3.05) is 26.9 Å². The molecule has 1 N–H and O–H groups in total. The molecule has 0 bridgehead atoms. The van der Waals surface area contributed by atoms with E-state index in [-0.39, 0.29) is 0 Å². The molecular weight excluding hydrogens is 325 g/mol. The van der Waals surface area contributed by atoms with Gasteiger partial charge in [0.2, 0.25) is 0 Å². The van der Waals surface area contributed by atoms with E-state index < -0.39 is 5.97 Å². The Bertz CT molecular complexity index is 351. The molecule has 1 heterocycles. The Morgan fingerprint density at radius 2 is 2.25 bits per heavy atom. The van der Waals surface area contributed by atoms with E-state index >= 15 is 0 Å². The Morgan fingerprint density at radius 3 is 2.88 bits per heavy atom. The fourth-order valence-electron chi connectivity index (χ4n) is 1.25. The minimum Gasteiger partial charge on any atom is -0.477 e. The van der Waals surface area contributed by atoms with Gasteiger partial charge in [-0.1, -0.05) is 0 Å². The summed E-state index contributed by atoms with van der Waals surface area (Å²) in [6.07, 6.45) is 1.80. The molecule has 0 unspecified atom stereocenters. The maximum atomic E-state index is 10.9. The molecule has 0 radical (unpaired) electrons. The van der Waals surface area contributed by atoms with E-state index in [1.54, 1.807) is 23.9 Å². The van der Waals surface area contributed by atoms with Crippen molar-refractivity contribution in [1.29, 1.82) is 0 Å². The molecule has 0 aliphatic heterocycles. The minimum atomic E-state index is -0.917. The van der Waals surface area contributed by atoms with Gasteiger partial charge < -0.3 is 19.1 Å². The van der Waals surface area contributed by atoms with Gasteiger partial charge in [0.15, 0.2) is 0 Å². The zero-order valence-electron chi connectivity index (χ0n) is 8.98. The number of nitrogens with zero attached hydrogens (tertiary/aromatic N) is 1. The number of hydrogen-bond donors (Lipinski definition) is 1. The second-order valence-electron chi connectivity index (χ2n) is 3.15. The van der Waals surface area contributed by atoms with Gasteiger partial charge in [0.05, 0.1) is 19.8 Å². The van der Waals surface area contributed by atoms with Crippen LogP contribution >= 0.6 is 22.6 Å². The summed E-state index contributed by atoms with van der Waals surface area (Å²) in [6, 6.07) is 1.64. The summed E-state index contributed by atoms with van der Waals surface area (Å²) < 4.78 is 12.7. The Kier molecular flexibility index (Phi) is 5.78. The predicted molar refractivity (Wildman–Crippen MR) is 66.8 cm³/mol. The molecule has 0 atom stereocenters. The SMILES string of the molecule is COCCOCCn1cc(I)cc1C(=O)O. The van der Waals surface area contributed by atoms with Crippen molar-refractivity contribution in [3.8, 4) is 0 Å². The second kappa shape index (κ2) is 6.87. The molecule has 0 amide bonds. The molecule has 16 heavy (non-hydrogen) atoms. The summed E-state index contributed by atoms with van der Waals surface area (Å²) in [5, 5.41) is 8.93. The fraction of sp³-hybridized carbons (Fsp3) is 0.500. The lowest BCUT2D eigenvalue weighted by Crippen LogP contribution is -2.13. The first kappa shape index (κ1) is 13.5. The third-order valence-electron chi connectivity index (χ3n) is 1.99. The molecule has 1 aromatic rings. The van der Waals surface area contributed by atoms with Crippen LogP contribution in [-0.4, -0.2) is 42.6 Å². The van der Waals surface area contributed by atoms with Crippen LogP contribution in [0.15, 0.2) is 12.3 Å². The molecule has 0 fully saturated rings. The maximum absolute atomic E-state index is 10.9. The number of carbonyl (C=O) groups is 1. The van der Waals surface area contributed by atoms with E-state index in [2.05, 4.69) is 22.6 Å². The zero-order chi connectivity index (χ0) is 12.0. The topological polar surface area (TPSA) is 60.7 Å². The number of carboxylic acid groups (broad SMARTS) is 1. The molecular formula is C10H14INO4. The van der Waals surface area contributed by atoms with Gasteiger partial charge in [-0.3, -0.25) is 0 Å². The smallest absolute Gasteiger partial charge is 0.352 e. The van der Waals surface area contributed by atoms with Crippen molar-refractivity contribution < 1.29 is 19.4 Å². The first-order valence-corrected chi connectivity index (χ1v) is 5.88. The predicted octanol–water partition coefficient (Wildman–Crippen LogP) is 1.45. The highest BCUT2D eigenvalue weighted by Crippen LogP contribution is 2.11. The molecule has 1 rings (SSSR count). The molecule has 0 saturated carbocycles. The quantitative estimate of drug-likeness (QED) is 0.604. The first-order chi connectivity index (χ1) is 7.65. The Balaban J connectivity index is 2.44. The van der Waals surface area contributed by atoms with Crippen molar-refractivity contribution in [3.05, 3.63) is 21.5 Å². The van der Waals surface area contributed by atoms with Crippen molar-refractivity contribution in [1.82, 2.24) is 4.57 Å². The van der Waals surface area contributed by atoms with Gasteiger partial charge in [0.25, 0.3) is 0 Å². The van der Waals surface area contributed by atoms with Crippen LogP contribution in [-0.2, 0) is 16.0 Å². The van der Waals surface area contributed by atoms with Crippen LogP contribution in [0, 0.1) is 3.57 Å². The van der Waals surface area contributed by atoms with Crippen molar-refractivity contribution in [2.45, 2.75) is 6.54 Å². The van der Waals surface area contributed by atoms with E-state index in [4.69, 9.17) is 14.6 Å². The maximum Gasteiger partial charge on any atom is 0.352 e. The van der Waals surface area contributed by atoms with E-state index in [9.17, 15) is 4.79 Å². The lowest BCUT2D eigenvalue weighted by atomic mass is 10.4. The van der Waals surface area contributed by atoms with Gasteiger partial charge in [0, 0.05) is 23.4 Å². The Hall–Kier alpha value is -0.600. The van der Waals surface area contributed by atoms with Gasteiger partial charge in [-0.2, -0.15) is 0 Å². The summed E-state index contributed by atoms with van der Waals surface area (Å²) in [5.41, 5.74) is 0.291. The summed E-state index contributed by atoms with van der Waals surface area (Å²) in [6.45, 7) is 2.09. The average Bonchev–Trinajstić information content (AvgIpc) is 2.59. The van der Waals surface area contributed by atoms with Crippen molar-refractivity contribution >= 4 is 28.6 Å². The highest BCUT2D eigenvalue weighted by molar-refractivity contribution is 14.1. The number of ether oxygens (including phenoxy) is 2. The number of halogens is 1. The summed E-state index contributed by atoms with van der Waals surface area (Å²) in [4.78, 5) is 10.9. The van der Waals surface area contributed by atoms with Gasteiger partial charge in [0.1, 0.15) is 5.69 Å². The van der Waals surface area contributed by atoms with E-state index in [0.29, 0.717) is 32.1 Å². The zero-order valence-corrected chi connectivity index (χ0v) is 11.1. The van der Waals surface area contributed by atoms with Gasteiger partial charge >= 0.3 is 5.97 Å². The van der Waals surface area contributed by atoms with E-state index in [0.717, 1.165) is 3.57 Å². The number of aromatic nitrogens is 1. The monoisotopic (exact) mass is 339 g/mol. The largest absolute Gasteiger partial charge is 0.477 e. The summed E-state index contributed by atoms with van der Waals surface area (Å²) >= 11 is 2.09. The van der Waals surface area contributed by atoms with Gasteiger partial charge in [-0.15, -0.1) is 0 Å². The standard InChI is InChI=1S/C10H14INO4/c1-15-4-5-16-3-2-12-7-8(11)6-9(12)10(13)14/h6-7H,2-5H2,1H3,(H,13,14). The van der Waals surface area contributed by atoms with E-state index in [1.165, 1.54) is 0 Å². The number of aromatic carboxylic acids is 1. The van der Waals surface area contributed by atoms with E-state index in [1.807, 2.05) is 0 Å². The highest BCUT2D eigenvalue weighted by Gasteiger charge is 2.10. The molecule has 0 saturated heterocycles. The Labute approximate surface area is 107 Å². The second-order valence-corrected chi connectivity index (χ2v) is 4.39. The minimum absolute atomic E-state index is 0.291. The summed E-state index contributed by atoms with van der Waals surface area (Å²) in [5.74, 6) is -0.917. The number of hydrogen-bond acceptors (Lipinski definition) is 3.